The molecule has 0 N–H and O–H groups in total. The number of thiophene rings is 1. The van der Waals surface area contributed by atoms with E-state index in [0.717, 1.165) is 27.0 Å². The number of thiazole rings is 1. The molecule has 1 unspecified atom stereocenters. The van der Waals surface area contributed by atoms with Crippen LogP contribution in [0.5, 0.6) is 11.5 Å². The molecular formula is C28H26N2O5S2. The Kier molecular flexibility index (Phi) is 6.99. The minimum atomic E-state index is -0.603. The van der Waals surface area contributed by atoms with Gasteiger partial charge >= 0.3 is 5.97 Å². The van der Waals surface area contributed by atoms with Crippen molar-refractivity contribution < 1.29 is 19.0 Å². The second-order valence-corrected chi connectivity index (χ2v) is 10.3. The topological polar surface area (TPSA) is 79.1 Å². The highest BCUT2D eigenvalue weighted by Crippen LogP contribution is 2.34. The van der Waals surface area contributed by atoms with Gasteiger partial charge in [-0.1, -0.05) is 29.5 Å². The van der Waals surface area contributed by atoms with Crippen molar-refractivity contribution >= 4 is 45.5 Å². The summed E-state index contributed by atoms with van der Waals surface area (Å²) in [7, 11) is 1.34. The Balaban J connectivity index is 1.78. The zero-order valence-electron chi connectivity index (χ0n) is 20.9. The number of aromatic nitrogens is 1. The lowest BCUT2D eigenvalue weighted by molar-refractivity contribution is -0.136. The molecule has 2 aromatic carbocycles. The molecule has 0 spiro atoms. The molecule has 9 heteroatoms. The second kappa shape index (κ2) is 10.4. The molecule has 2 aromatic heterocycles. The highest BCUT2D eigenvalue weighted by molar-refractivity contribution is 7.10. The third kappa shape index (κ3) is 4.49. The molecule has 1 aliphatic rings. The average molecular weight is 535 g/mol. The number of hydrogen-bond donors (Lipinski definition) is 0. The van der Waals surface area contributed by atoms with Crippen molar-refractivity contribution in [1.82, 2.24) is 4.57 Å². The van der Waals surface area contributed by atoms with Crippen molar-refractivity contribution in [2.45, 2.75) is 26.8 Å². The van der Waals surface area contributed by atoms with Crippen molar-refractivity contribution in [3.8, 4) is 11.5 Å². The fourth-order valence-corrected chi connectivity index (χ4v) is 6.38. The largest absolute Gasteiger partial charge is 0.494 e. The van der Waals surface area contributed by atoms with E-state index < -0.39 is 12.0 Å². The van der Waals surface area contributed by atoms with Crippen LogP contribution in [0.3, 0.4) is 0 Å². The summed E-state index contributed by atoms with van der Waals surface area (Å²) >= 11 is 2.78. The highest BCUT2D eigenvalue weighted by Gasteiger charge is 2.33. The van der Waals surface area contributed by atoms with Crippen molar-refractivity contribution in [3.05, 3.63) is 89.2 Å². The van der Waals surface area contributed by atoms with E-state index in [4.69, 9.17) is 14.2 Å². The Morgan fingerprint density at radius 1 is 1.14 bits per heavy atom. The maximum Gasteiger partial charge on any atom is 0.338 e. The molecule has 0 radical (unpaired) electrons. The first-order valence-electron chi connectivity index (χ1n) is 11.9. The monoisotopic (exact) mass is 534 g/mol. The molecule has 0 aliphatic carbocycles. The molecule has 190 valence electrons. The average Bonchev–Trinajstić information content (AvgIpc) is 3.53. The first-order chi connectivity index (χ1) is 18.0. The molecule has 4 aromatic rings. The number of hydrogen-bond acceptors (Lipinski definition) is 8. The van der Waals surface area contributed by atoms with Gasteiger partial charge in [-0.05, 0) is 67.3 Å². The van der Waals surface area contributed by atoms with E-state index >= 15 is 0 Å². The van der Waals surface area contributed by atoms with E-state index in [-0.39, 0.29) is 5.56 Å². The number of nitrogens with zero attached hydrogens (tertiary/aromatic N) is 2. The van der Waals surface area contributed by atoms with Crippen LogP contribution in [0.1, 0.15) is 37.3 Å². The lowest BCUT2D eigenvalue weighted by Gasteiger charge is -2.22. The number of carbonyl (C=O) groups excluding carboxylic acids is 1. The first-order valence-corrected chi connectivity index (χ1v) is 13.6. The Morgan fingerprint density at radius 2 is 1.92 bits per heavy atom. The standard InChI is InChI=1S/C28H26N2O5S2/c1-5-34-18-11-9-17-10-12-21(35-6-2)20(19(17)14-18)15-23-26(31)30-25(22-8-7-13-36-22)24(27(32)33-4)16(3)29-28(30)37-23/h7-15,25H,5-6H2,1-4H3. The molecule has 1 atom stereocenters. The van der Waals surface area contributed by atoms with E-state index in [9.17, 15) is 9.59 Å². The quantitative estimate of drug-likeness (QED) is 0.328. The summed E-state index contributed by atoms with van der Waals surface area (Å²) in [5.41, 5.74) is 1.48. The summed E-state index contributed by atoms with van der Waals surface area (Å²) in [4.78, 5) is 32.7. The van der Waals surface area contributed by atoms with E-state index in [1.165, 1.54) is 29.8 Å². The van der Waals surface area contributed by atoms with E-state index in [2.05, 4.69) is 4.99 Å². The Bertz CT molecular complexity index is 1690. The summed E-state index contributed by atoms with van der Waals surface area (Å²) < 4.78 is 18.8. The molecule has 0 saturated heterocycles. The summed E-state index contributed by atoms with van der Waals surface area (Å²) in [5, 5.41) is 3.85. The predicted octanol–water partition coefficient (Wildman–Crippen LogP) is 4.42. The normalized spacial score (nSPS) is 15.5. The van der Waals surface area contributed by atoms with Crippen molar-refractivity contribution in [3.63, 3.8) is 0 Å². The number of esters is 1. The van der Waals surface area contributed by atoms with Crippen LogP contribution >= 0.6 is 22.7 Å². The smallest absolute Gasteiger partial charge is 0.338 e. The van der Waals surface area contributed by atoms with Gasteiger partial charge in [0.1, 0.15) is 17.5 Å². The second-order valence-electron chi connectivity index (χ2n) is 8.32. The molecular weight excluding hydrogens is 508 g/mol. The molecule has 0 amide bonds. The SMILES string of the molecule is CCOc1ccc2ccc(OCC)c(C=c3sc4n(c3=O)C(c3cccs3)C(C(=O)OC)=C(C)N=4)c2c1. The maximum absolute atomic E-state index is 13.9. The lowest BCUT2D eigenvalue weighted by atomic mass is 10.0. The van der Waals surface area contributed by atoms with Crippen molar-refractivity contribution in [2.75, 3.05) is 20.3 Å². The van der Waals surface area contributed by atoms with Gasteiger partial charge in [-0.15, -0.1) is 11.3 Å². The minimum absolute atomic E-state index is 0.225. The fraction of sp³-hybridized carbons (Fsp3) is 0.250. The van der Waals surface area contributed by atoms with Gasteiger partial charge in [0.05, 0.1) is 36.1 Å². The van der Waals surface area contributed by atoms with Crippen LogP contribution < -0.4 is 24.4 Å². The number of methoxy groups -OCH3 is 1. The van der Waals surface area contributed by atoms with E-state index in [1.807, 2.05) is 67.8 Å². The van der Waals surface area contributed by atoms with E-state index in [0.29, 0.717) is 39.6 Å². The van der Waals surface area contributed by atoms with Gasteiger partial charge in [0.15, 0.2) is 4.80 Å². The molecule has 0 saturated carbocycles. The Morgan fingerprint density at radius 3 is 2.62 bits per heavy atom. The van der Waals surface area contributed by atoms with Gasteiger partial charge in [-0.2, -0.15) is 0 Å². The van der Waals surface area contributed by atoms with Gasteiger partial charge < -0.3 is 14.2 Å². The molecule has 0 fully saturated rings. The Labute approximate surface area is 221 Å². The van der Waals surface area contributed by atoms with Crippen LogP contribution in [0.25, 0.3) is 16.8 Å². The predicted molar refractivity (Wildman–Crippen MR) is 146 cm³/mol. The van der Waals surface area contributed by atoms with Gasteiger partial charge in [0.25, 0.3) is 5.56 Å². The summed E-state index contributed by atoms with van der Waals surface area (Å²) in [6.45, 7) is 6.68. The molecule has 5 rings (SSSR count). The van der Waals surface area contributed by atoms with Crippen LogP contribution in [-0.2, 0) is 9.53 Å². The van der Waals surface area contributed by atoms with Crippen molar-refractivity contribution in [1.29, 1.82) is 0 Å². The van der Waals surface area contributed by atoms with E-state index in [1.54, 1.807) is 11.5 Å². The van der Waals surface area contributed by atoms with Crippen LogP contribution in [0, 0.1) is 0 Å². The van der Waals surface area contributed by atoms with Gasteiger partial charge in [-0.3, -0.25) is 9.36 Å². The molecule has 1 aliphatic heterocycles. The van der Waals surface area contributed by atoms with Crippen LogP contribution in [0.2, 0.25) is 0 Å². The minimum Gasteiger partial charge on any atom is -0.494 e. The van der Waals surface area contributed by atoms with Crippen LogP contribution in [0.4, 0.5) is 0 Å². The molecule has 0 bridgehead atoms. The highest BCUT2D eigenvalue weighted by atomic mass is 32.1. The number of ether oxygens (including phenoxy) is 3. The number of benzene rings is 2. The number of rotatable bonds is 7. The van der Waals surface area contributed by atoms with Gasteiger partial charge in [0.2, 0.25) is 0 Å². The number of carbonyl (C=O) groups is 1. The zero-order valence-corrected chi connectivity index (χ0v) is 22.6. The Hall–Kier alpha value is -3.69. The third-order valence-electron chi connectivity index (χ3n) is 6.12. The first kappa shape index (κ1) is 25.0. The van der Waals surface area contributed by atoms with Gasteiger partial charge in [-0.25, -0.2) is 9.79 Å². The molecule has 3 heterocycles. The number of allylic oxidation sites excluding steroid dienone is 1. The van der Waals surface area contributed by atoms with Gasteiger partial charge in [0, 0.05) is 10.4 Å². The van der Waals surface area contributed by atoms with Crippen molar-refractivity contribution in [2.24, 2.45) is 4.99 Å². The third-order valence-corrected chi connectivity index (χ3v) is 8.03. The summed E-state index contributed by atoms with van der Waals surface area (Å²) in [6.07, 6.45) is 1.86. The number of fused-ring (bicyclic) bond motifs is 2. The molecule has 37 heavy (non-hydrogen) atoms. The van der Waals surface area contributed by atoms with Crippen LogP contribution in [0.15, 0.2) is 68.9 Å². The maximum atomic E-state index is 13.9. The fourth-order valence-electron chi connectivity index (χ4n) is 4.53. The summed E-state index contributed by atoms with van der Waals surface area (Å²) in [6, 6.07) is 13.0. The molecule has 7 nitrogen and oxygen atoms in total. The zero-order chi connectivity index (χ0) is 26.1. The summed E-state index contributed by atoms with van der Waals surface area (Å²) in [5.74, 6) is 0.927. The van der Waals surface area contributed by atoms with Crippen LogP contribution in [-0.4, -0.2) is 30.9 Å². The lowest BCUT2D eigenvalue weighted by Crippen LogP contribution is -2.39.